The summed E-state index contributed by atoms with van der Waals surface area (Å²) in [6, 6.07) is 12.4. The Morgan fingerprint density at radius 3 is 2.45 bits per heavy atom. The highest BCUT2D eigenvalue weighted by Gasteiger charge is 2.07. The van der Waals surface area contributed by atoms with Gasteiger partial charge in [-0.15, -0.1) is 0 Å². The minimum absolute atomic E-state index is 0.0890. The van der Waals surface area contributed by atoms with Crippen LogP contribution in [-0.2, 0) is 4.79 Å². The van der Waals surface area contributed by atoms with Crippen LogP contribution in [0.3, 0.4) is 0 Å². The summed E-state index contributed by atoms with van der Waals surface area (Å²) >= 11 is 3.34. The van der Waals surface area contributed by atoms with Crippen molar-refractivity contribution in [1.29, 1.82) is 0 Å². The minimum atomic E-state index is -0.279. The van der Waals surface area contributed by atoms with E-state index in [1.807, 2.05) is 19.1 Å². The minimum Gasteiger partial charge on any atom is -0.494 e. The molecule has 0 aliphatic rings. The molecule has 6 heteroatoms. The molecule has 0 unspecified atom stereocenters. The van der Waals surface area contributed by atoms with E-state index in [4.69, 9.17) is 15.2 Å². The van der Waals surface area contributed by atoms with Gasteiger partial charge in [0.1, 0.15) is 11.5 Å². The highest BCUT2D eigenvalue weighted by atomic mass is 79.9. The Morgan fingerprint density at radius 2 is 1.82 bits per heavy atom. The third-order valence-electron chi connectivity index (χ3n) is 2.79. The fraction of sp³-hybridized carbons (Fsp3) is 0.188. The average molecular weight is 365 g/mol. The summed E-state index contributed by atoms with van der Waals surface area (Å²) < 4.78 is 11.7. The molecule has 0 aromatic heterocycles. The van der Waals surface area contributed by atoms with Crippen LogP contribution in [-0.4, -0.2) is 19.1 Å². The van der Waals surface area contributed by atoms with Crippen molar-refractivity contribution in [3.8, 4) is 11.5 Å². The number of anilines is 2. The van der Waals surface area contributed by atoms with Crippen LogP contribution in [0.25, 0.3) is 0 Å². The lowest BCUT2D eigenvalue weighted by Gasteiger charge is -2.11. The molecule has 0 radical (unpaired) electrons. The molecule has 2 aromatic rings. The topological polar surface area (TPSA) is 73.6 Å². The van der Waals surface area contributed by atoms with Crippen molar-refractivity contribution in [2.24, 2.45) is 0 Å². The Balaban J connectivity index is 1.90. The van der Waals surface area contributed by atoms with Crippen LogP contribution in [0.15, 0.2) is 46.9 Å². The number of halogens is 1. The van der Waals surface area contributed by atoms with E-state index in [2.05, 4.69) is 21.2 Å². The first-order chi connectivity index (χ1) is 10.6. The van der Waals surface area contributed by atoms with Gasteiger partial charge in [0.2, 0.25) is 0 Å². The number of carbonyl (C=O) groups excluding carboxylic acids is 1. The zero-order valence-corrected chi connectivity index (χ0v) is 13.7. The van der Waals surface area contributed by atoms with Crippen LogP contribution >= 0.6 is 15.9 Å². The number of benzene rings is 2. The third-order valence-corrected chi connectivity index (χ3v) is 3.32. The molecule has 116 valence electrons. The van der Waals surface area contributed by atoms with Gasteiger partial charge in [0.25, 0.3) is 5.91 Å². The lowest BCUT2D eigenvalue weighted by molar-refractivity contribution is -0.118. The smallest absolute Gasteiger partial charge is 0.262 e. The molecule has 0 aliphatic heterocycles. The summed E-state index contributed by atoms with van der Waals surface area (Å²) in [6.45, 7) is 2.37. The van der Waals surface area contributed by atoms with Gasteiger partial charge < -0.3 is 20.5 Å². The first-order valence-electron chi connectivity index (χ1n) is 6.79. The predicted molar refractivity (Wildman–Crippen MR) is 90.3 cm³/mol. The van der Waals surface area contributed by atoms with Crippen molar-refractivity contribution >= 4 is 33.2 Å². The van der Waals surface area contributed by atoms with Gasteiger partial charge in [0, 0.05) is 10.5 Å². The third kappa shape index (κ3) is 4.66. The Morgan fingerprint density at radius 1 is 1.14 bits per heavy atom. The van der Waals surface area contributed by atoms with E-state index in [-0.39, 0.29) is 12.5 Å². The lowest BCUT2D eigenvalue weighted by Crippen LogP contribution is -2.20. The van der Waals surface area contributed by atoms with Crippen molar-refractivity contribution < 1.29 is 14.3 Å². The largest absolute Gasteiger partial charge is 0.494 e. The van der Waals surface area contributed by atoms with Crippen LogP contribution in [0.4, 0.5) is 11.4 Å². The Bertz CT molecular complexity index is 644. The van der Waals surface area contributed by atoms with Crippen LogP contribution in [0.2, 0.25) is 0 Å². The van der Waals surface area contributed by atoms with Crippen molar-refractivity contribution in [2.75, 3.05) is 24.3 Å². The maximum Gasteiger partial charge on any atom is 0.262 e. The fourth-order valence-corrected chi connectivity index (χ4v) is 2.04. The summed E-state index contributed by atoms with van der Waals surface area (Å²) in [5, 5.41) is 2.71. The molecule has 0 atom stereocenters. The molecule has 0 spiro atoms. The second kappa shape index (κ2) is 7.70. The Labute approximate surface area is 137 Å². The second-order valence-corrected chi connectivity index (χ2v) is 5.39. The van der Waals surface area contributed by atoms with Gasteiger partial charge in [-0.1, -0.05) is 15.9 Å². The molecule has 3 N–H and O–H groups in total. The normalized spacial score (nSPS) is 10.1. The monoisotopic (exact) mass is 364 g/mol. The zero-order valence-electron chi connectivity index (χ0n) is 12.1. The second-order valence-electron chi connectivity index (χ2n) is 4.47. The highest BCUT2D eigenvalue weighted by Crippen LogP contribution is 2.24. The number of hydrogen-bond donors (Lipinski definition) is 2. The van der Waals surface area contributed by atoms with E-state index in [9.17, 15) is 4.79 Å². The average Bonchev–Trinajstić information content (AvgIpc) is 2.50. The summed E-state index contributed by atoms with van der Waals surface area (Å²) in [7, 11) is 0. The summed E-state index contributed by atoms with van der Waals surface area (Å²) in [5.74, 6) is 1.01. The molecular formula is C16H17BrN2O3. The summed E-state index contributed by atoms with van der Waals surface area (Å²) in [5.41, 5.74) is 6.87. The van der Waals surface area contributed by atoms with Crippen LogP contribution in [0.1, 0.15) is 6.92 Å². The predicted octanol–water partition coefficient (Wildman–Crippen LogP) is 3.45. The zero-order chi connectivity index (χ0) is 15.9. The Kier molecular flexibility index (Phi) is 5.66. The van der Waals surface area contributed by atoms with E-state index in [1.165, 1.54) is 0 Å². The number of nitrogens with two attached hydrogens (primary N) is 1. The Hall–Kier alpha value is -2.21. The van der Waals surface area contributed by atoms with Crippen LogP contribution in [0.5, 0.6) is 11.5 Å². The van der Waals surface area contributed by atoms with Crippen molar-refractivity contribution in [2.45, 2.75) is 6.92 Å². The van der Waals surface area contributed by atoms with Crippen LogP contribution in [0, 0.1) is 0 Å². The molecule has 0 saturated heterocycles. The number of carbonyl (C=O) groups is 1. The number of nitrogens with one attached hydrogen (secondary N) is 1. The van der Waals surface area contributed by atoms with Crippen molar-refractivity contribution in [3.05, 3.63) is 46.9 Å². The SMILES string of the molecule is CCOc1ccc(NC(=O)COc2ccc(Br)cc2)c(N)c1. The van der Waals surface area contributed by atoms with Gasteiger partial charge in [-0.25, -0.2) is 0 Å². The molecule has 2 rings (SSSR count). The molecule has 5 nitrogen and oxygen atoms in total. The quantitative estimate of drug-likeness (QED) is 0.769. The molecule has 0 saturated carbocycles. The number of hydrogen-bond acceptors (Lipinski definition) is 4. The molecule has 2 aromatic carbocycles. The maximum atomic E-state index is 11.9. The number of rotatable bonds is 6. The van der Waals surface area contributed by atoms with Gasteiger partial charge in [-0.3, -0.25) is 4.79 Å². The molecule has 0 bridgehead atoms. The molecular weight excluding hydrogens is 348 g/mol. The first kappa shape index (κ1) is 16.2. The molecule has 0 fully saturated rings. The van der Waals surface area contributed by atoms with E-state index < -0.39 is 0 Å². The van der Waals surface area contributed by atoms with E-state index in [1.54, 1.807) is 30.3 Å². The van der Waals surface area contributed by atoms with E-state index in [0.717, 1.165) is 4.47 Å². The van der Waals surface area contributed by atoms with E-state index in [0.29, 0.717) is 29.5 Å². The van der Waals surface area contributed by atoms with Gasteiger partial charge in [0.15, 0.2) is 6.61 Å². The number of ether oxygens (including phenoxy) is 2. The number of nitrogen functional groups attached to an aromatic ring is 1. The fourth-order valence-electron chi connectivity index (χ4n) is 1.78. The number of amides is 1. The van der Waals surface area contributed by atoms with Crippen molar-refractivity contribution in [3.63, 3.8) is 0 Å². The standard InChI is InChI=1S/C16H17BrN2O3/c1-2-21-13-7-8-15(14(18)9-13)19-16(20)10-22-12-5-3-11(17)4-6-12/h3-9H,2,10,18H2,1H3,(H,19,20). The van der Waals surface area contributed by atoms with Gasteiger partial charge in [0.05, 0.1) is 18.0 Å². The van der Waals surface area contributed by atoms with Gasteiger partial charge in [-0.2, -0.15) is 0 Å². The van der Waals surface area contributed by atoms with Crippen LogP contribution < -0.4 is 20.5 Å². The maximum absolute atomic E-state index is 11.9. The van der Waals surface area contributed by atoms with Gasteiger partial charge >= 0.3 is 0 Å². The lowest BCUT2D eigenvalue weighted by atomic mass is 10.2. The van der Waals surface area contributed by atoms with Crippen molar-refractivity contribution in [1.82, 2.24) is 0 Å². The van der Waals surface area contributed by atoms with E-state index >= 15 is 0 Å². The molecule has 0 heterocycles. The first-order valence-corrected chi connectivity index (χ1v) is 7.58. The highest BCUT2D eigenvalue weighted by molar-refractivity contribution is 9.10. The molecule has 0 aliphatic carbocycles. The summed E-state index contributed by atoms with van der Waals surface area (Å²) in [4.78, 5) is 11.9. The molecule has 1 amide bonds. The molecule has 22 heavy (non-hydrogen) atoms. The summed E-state index contributed by atoms with van der Waals surface area (Å²) in [6.07, 6.45) is 0. The van der Waals surface area contributed by atoms with Gasteiger partial charge in [-0.05, 0) is 43.3 Å².